The van der Waals surface area contributed by atoms with E-state index in [4.69, 9.17) is 18.0 Å². The smallest absolute Gasteiger partial charge is 0.164 e. The first-order valence-corrected chi connectivity index (χ1v) is 20.9. The number of para-hydroxylation sites is 1. The average Bonchev–Trinajstić information content (AvgIpc) is 3.46. The molecule has 0 spiro atoms. The Morgan fingerprint density at radius 3 is 1.31 bits per heavy atom. The Morgan fingerprint density at radius 2 is 0.896 bits per heavy atom. The summed E-state index contributed by atoms with van der Waals surface area (Å²) < 4.78 is 4.17. The molecule has 0 aliphatic rings. The van der Waals surface area contributed by atoms with Crippen molar-refractivity contribution in [2.45, 2.75) is 161 Å². The van der Waals surface area contributed by atoms with Crippen LogP contribution in [0.4, 0.5) is 0 Å². The summed E-state index contributed by atoms with van der Waals surface area (Å²) in [6.07, 6.45) is 29.6. The lowest BCUT2D eigenvalue weighted by Gasteiger charge is -2.33. The maximum Gasteiger partial charge on any atom is 0.164 e. The number of hydrogen-bond donors (Lipinski definition) is 1. The molecule has 0 atom stereocenters. The first kappa shape index (κ1) is 38.5. The molecule has 3 aromatic carbocycles. The molecule has 1 heterocycles. The summed E-state index contributed by atoms with van der Waals surface area (Å²) in [6.45, 7) is 4.58. The fraction of sp³-hybridized carbons (Fsp3) is 0.568. The zero-order valence-corrected chi connectivity index (χ0v) is 32.0. The summed E-state index contributed by atoms with van der Waals surface area (Å²) in [5.41, 5.74) is 12.7. The third kappa shape index (κ3) is 11.7. The Labute approximate surface area is 302 Å². The monoisotopic (exact) mass is 684 g/mol. The number of unbranched alkanes of at least 4 members (excludes halogenated alkanes) is 18. The molecule has 4 heteroatoms. The third-order valence-electron chi connectivity index (χ3n) is 10.3. The lowest BCUT2D eigenvalue weighted by Crippen LogP contribution is -2.45. The number of aryl methyl sites for hydroxylation is 2. The lowest BCUT2D eigenvalue weighted by atomic mass is 9.89. The maximum atomic E-state index is 7.59. The highest BCUT2D eigenvalue weighted by molar-refractivity contribution is 7.73. The van der Waals surface area contributed by atoms with Crippen molar-refractivity contribution in [1.29, 1.82) is 0 Å². The highest BCUT2D eigenvalue weighted by Gasteiger charge is 2.34. The van der Waals surface area contributed by atoms with E-state index >= 15 is 0 Å². The van der Waals surface area contributed by atoms with Crippen LogP contribution in [0, 0.1) is 3.95 Å². The van der Waals surface area contributed by atoms with Crippen LogP contribution in [-0.2, 0) is 18.5 Å². The first-order chi connectivity index (χ1) is 23.6. The van der Waals surface area contributed by atoms with Crippen LogP contribution >= 0.6 is 23.6 Å². The summed E-state index contributed by atoms with van der Waals surface area (Å²) in [5.74, 6) is 0. The Bertz CT molecular complexity index is 1410. The Kier molecular flexibility index (Phi) is 17.4. The topological polar surface area (TPSA) is 30.9 Å². The molecule has 0 radical (unpaired) electrons. The minimum Gasteiger partial charge on any atom is -0.301 e. The van der Waals surface area contributed by atoms with E-state index < -0.39 is 5.66 Å². The van der Waals surface area contributed by atoms with Gasteiger partial charge in [0.05, 0.1) is 10.2 Å². The van der Waals surface area contributed by atoms with Gasteiger partial charge in [-0.2, -0.15) is 0 Å². The molecular formula is C44H64N2S2. The number of benzene rings is 3. The van der Waals surface area contributed by atoms with Gasteiger partial charge in [0.1, 0.15) is 5.66 Å². The summed E-state index contributed by atoms with van der Waals surface area (Å²) >= 11 is 7.65. The van der Waals surface area contributed by atoms with Crippen LogP contribution in [0.2, 0.25) is 0 Å². The molecule has 0 aliphatic heterocycles. The van der Waals surface area contributed by atoms with Crippen LogP contribution in [0.5, 0.6) is 0 Å². The van der Waals surface area contributed by atoms with Gasteiger partial charge >= 0.3 is 0 Å². The molecule has 0 saturated heterocycles. The maximum absolute atomic E-state index is 7.59. The summed E-state index contributed by atoms with van der Waals surface area (Å²) in [6, 6.07) is 26.6. The van der Waals surface area contributed by atoms with Crippen molar-refractivity contribution in [3.8, 4) is 0 Å². The predicted octanol–water partition coefficient (Wildman–Crippen LogP) is 14.1. The summed E-state index contributed by atoms with van der Waals surface area (Å²) in [7, 11) is 0. The predicted molar refractivity (Wildman–Crippen MR) is 215 cm³/mol. The Balaban J connectivity index is 1.37. The van der Waals surface area contributed by atoms with Crippen molar-refractivity contribution in [1.82, 2.24) is 4.57 Å². The average molecular weight is 685 g/mol. The van der Waals surface area contributed by atoms with Crippen molar-refractivity contribution in [2.75, 3.05) is 0 Å². The van der Waals surface area contributed by atoms with Gasteiger partial charge in [0.2, 0.25) is 0 Å². The SMILES string of the molecule is CCCCCCCCCCCCc1ccc(C(N)(c2ccc(CCCCCCCCCCCC)cc2)n2c(=S)sc3ccccc32)cc1. The number of thiazole rings is 1. The van der Waals surface area contributed by atoms with Crippen molar-refractivity contribution in [2.24, 2.45) is 5.73 Å². The minimum absolute atomic E-state index is 0.808. The summed E-state index contributed by atoms with van der Waals surface area (Å²) in [4.78, 5) is 0. The molecule has 4 aromatic rings. The van der Waals surface area contributed by atoms with Crippen molar-refractivity contribution in [3.63, 3.8) is 0 Å². The van der Waals surface area contributed by atoms with Gasteiger partial charge < -0.3 is 5.73 Å². The molecule has 48 heavy (non-hydrogen) atoms. The van der Waals surface area contributed by atoms with E-state index in [2.05, 4.69) is 91.2 Å². The second-order valence-corrected chi connectivity index (χ2v) is 15.9. The van der Waals surface area contributed by atoms with Crippen molar-refractivity contribution < 1.29 is 0 Å². The molecule has 262 valence electrons. The summed E-state index contributed by atoms with van der Waals surface area (Å²) in [5, 5.41) is 0. The van der Waals surface area contributed by atoms with E-state index in [-0.39, 0.29) is 0 Å². The highest BCUT2D eigenvalue weighted by atomic mass is 32.1. The molecule has 0 aliphatic carbocycles. The number of hydrogen-bond acceptors (Lipinski definition) is 3. The molecule has 0 bridgehead atoms. The van der Waals surface area contributed by atoms with E-state index in [9.17, 15) is 0 Å². The second kappa shape index (κ2) is 21.7. The number of fused-ring (bicyclic) bond motifs is 1. The molecule has 2 N–H and O–H groups in total. The van der Waals surface area contributed by atoms with Crippen molar-refractivity contribution in [3.05, 3.63) is 99.0 Å². The molecular weight excluding hydrogens is 621 g/mol. The number of nitrogens with two attached hydrogens (primary N) is 1. The van der Waals surface area contributed by atoms with Crippen LogP contribution < -0.4 is 5.73 Å². The quantitative estimate of drug-likeness (QED) is 0.0556. The van der Waals surface area contributed by atoms with E-state index in [0.717, 1.165) is 33.4 Å². The van der Waals surface area contributed by atoms with E-state index in [1.165, 1.54) is 144 Å². The van der Waals surface area contributed by atoms with Crippen LogP contribution in [0.1, 0.15) is 165 Å². The van der Waals surface area contributed by atoms with Gasteiger partial charge in [-0.15, -0.1) is 11.3 Å². The molecule has 0 unspecified atom stereocenters. The lowest BCUT2D eigenvalue weighted by molar-refractivity contribution is 0.462. The molecule has 0 amide bonds. The molecule has 0 saturated carbocycles. The standard InChI is InChI=1S/C44H64N2S2/c1-3-5-7-9-11-13-15-17-19-21-25-37-29-33-39(34-30-37)44(45,46-41-27-23-24-28-42(41)48-43(46)47)40-35-31-38(32-36-40)26-22-20-18-16-14-12-10-8-6-4-2/h23-24,27-36H,3-22,25-26,45H2,1-2H3. The third-order valence-corrected chi connectivity index (χ3v) is 11.6. The van der Waals surface area contributed by atoms with Gasteiger partial charge in [0.15, 0.2) is 3.95 Å². The van der Waals surface area contributed by atoms with Gasteiger partial charge in [-0.3, -0.25) is 4.57 Å². The van der Waals surface area contributed by atoms with Gasteiger partial charge in [0, 0.05) is 0 Å². The van der Waals surface area contributed by atoms with Gasteiger partial charge in [-0.25, -0.2) is 0 Å². The van der Waals surface area contributed by atoms with Crippen LogP contribution in [0.25, 0.3) is 10.2 Å². The van der Waals surface area contributed by atoms with E-state index in [1.807, 2.05) is 0 Å². The zero-order chi connectivity index (χ0) is 33.9. The molecule has 2 nitrogen and oxygen atoms in total. The van der Waals surface area contributed by atoms with Crippen molar-refractivity contribution >= 4 is 33.8 Å². The largest absolute Gasteiger partial charge is 0.301 e. The molecule has 0 fully saturated rings. The number of rotatable bonds is 25. The van der Waals surface area contributed by atoms with Crippen LogP contribution in [-0.4, -0.2) is 4.57 Å². The first-order valence-electron chi connectivity index (χ1n) is 19.7. The second-order valence-electron chi connectivity index (χ2n) is 14.2. The molecule has 4 rings (SSSR count). The zero-order valence-electron chi connectivity index (χ0n) is 30.3. The van der Waals surface area contributed by atoms with Gasteiger partial charge in [0.25, 0.3) is 0 Å². The highest BCUT2D eigenvalue weighted by Crippen LogP contribution is 2.36. The normalized spacial score (nSPS) is 11.9. The van der Waals surface area contributed by atoms with Crippen LogP contribution in [0.3, 0.4) is 0 Å². The van der Waals surface area contributed by atoms with Crippen LogP contribution in [0.15, 0.2) is 72.8 Å². The molecule has 1 aromatic heterocycles. The van der Waals surface area contributed by atoms with Gasteiger partial charge in [-0.05, 0) is 72.3 Å². The van der Waals surface area contributed by atoms with E-state index in [0.29, 0.717) is 0 Å². The number of aromatic nitrogens is 1. The fourth-order valence-corrected chi connectivity index (χ4v) is 8.65. The van der Waals surface area contributed by atoms with E-state index in [1.54, 1.807) is 11.3 Å². The fourth-order valence-electron chi connectivity index (χ4n) is 7.21. The Morgan fingerprint density at radius 1 is 0.521 bits per heavy atom. The van der Waals surface area contributed by atoms with Gasteiger partial charge in [-0.1, -0.05) is 190 Å². The Hall–Kier alpha value is -2.27. The minimum atomic E-state index is -0.887. The number of nitrogens with zero attached hydrogens (tertiary/aromatic N) is 1.